The summed E-state index contributed by atoms with van der Waals surface area (Å²) in [4.78, 5) is 0. The van der Waals surface area contributed by atoms with Gasteiger partial charge in [0, 0.05) is 12.0 Å². The smallest absolute Gasteiger partial charge is 0.226 e. The highest BCUT2D eigenvalue weighted by molar-refractivity contribution is 5.16. The van der Waals surface area contributed by atoms with Crippen LogP contribution in [0.5, 0.6) is 0 Å². The van der Waals surface area contributed by atoms with Crippen molar-refractivity contribution in [3.05, 3.63) is 48.2 Å². The van der Waals surface area contributed by atoms with Crippen LogP contribution in [0.1, 0.15) is 24.7 Å². The predicted octanol–water partition coefficient (Wildman–Crippen LogP) is 3.03. The molecule has 0 aromatic heterocycles. The lowest BCUT2D eigenvalue weighted by Crippen LogP contribution is -2.05. The zero-order chi connectivity index (χ0) is 9.80. The average molecular weight is 190 g/mol. The van der Waals surface area contributed by atoms with Gasteiger partial charge in [-0.3, -0.25) is 0 Å². The number of allylic oxidation sites excluding steroid dienone is 1. The average Bonchev–Trinajstić information content (AvgIpc) is 2.44. The summed E-state index contributed by atoms with van der Waals surface area (Å²) in [5, 5.41) is 0. The van der Waals surface area contributed by atoms with Gasteiger partial charge in [0.25, 0.3) is 0 Å². The van der Waals surface area contributed by atoms with Gasteiger partial charge >= 0.3 is 0 Å². The molecular weight excluding hydrogens is 176 g/mol. The van der Waals surface area contributed by atoms with Gasteiger partial charge in [-0.15, -0.1) is 0 Å². The normalized spacial score (nSPS) is 22.6. The quantitative estimate of drug-likeness (QED) is 0.677. The Hall–Kier alpha value is -1.28. The summed E-state index contributed by atoms with van der Waals surface area (Å²) in [7, 11) is 0. The number of hydrogen-bond donors (Lipinski definition) is 0. The molecule has 1 aliphatic heterocycles. The monoisotopic (exact) mass is 190 g/mol. The molecule has 0 saturated carbocycles. The maximum atomic E-state index is 5.58. The molecule has 1 unspecified atom stereocenters. The second-order valence-electron chi connectivity index (χ2n) is 3.37. The topological polar surface area (TPSA) is 18.5 Å². The van der Waals surface area contributed by atoms with Crippen LogP contribution in [0.25, 0.3) is 0 Å². The Morgan fingerprint density at radius 2 is 2.00 bits per heavy atom. The van der Waals surface area contributed by atoms with E-state index in [0.717, 1.165) is 30.8 Å². The molecule has 1 aromatic rings. The van der Waals surface area contributed by atoms with Crippen LogP contribution < -0.4 is 0 Å². The molecule has 2 nitrogen and oxygen atoms in total. The molecule has 0 bridgehead atoms. The summed E-state index contributed by atoms with van der Waals surface area (Å²) in [6.45, 7) is 4.58. The lowest BCUT2D eigenvalue weighted by Gasteiger charge is -2.17. The standard InChI is InChI=1S/C12H14O2/c1-10-6-5-9-13-12(14-10)11-7-3-2-4-8-11/h2-4,7-8,12H,1,5-6,9H2. The molecule has 74 valence electrons. The van der Waals surface area contributed by atoms with E-state index < -0.39 is 0 Å². The van der Waals surface area contributed by atoms with E-state index in [0.29, 0.717) is 0 Å². The first-order valence-electron chi connectivity index (χ1n) is 4.87. The summed E-state index contributed by atoms with van der Waals surface area (Å²) < 4.78 is 11.2. The van der Waals surface area contributed by atoms with Gasteiger partial charge in [-0.25, -0.2) is 0 Å². The second kappa shape index (κ2) is 4.29. The van der Waals surface area contributed by atoms with Crippen LogP contribution >= 0.6 is 0 Å². The van der Waals surface area contributed by atoms with E-state index in [1.165, 1.54) is 0 Å². The first-order valence-corrected chi connectivity index (χ1v) is 4.87. The van der Waals surface area contributed by atoms with E-state index >= 15 is 0 Å². The fourth-order valence-electron chi connectivity index (χ4n) is 1.48. The first-order chi connectivity index (χ1) is 6.86. The third-order valence-corrected chi connectivity index (χ3v) is 2.21. The van der Waals surface area contributed by atoms with Crippen LogP contribution in [-0.4, -0.2) is 6.61 Å². The summed E-state index contributed by atoms with van der Waals surface area (Å²) >= 11 is 0. The third kappa shape index (κ3) is 2.15. The molecule has 1 heterocycles. The molecule has 1 atom stereocenters. The first kappa shape index (κ1) is 9.28. The highest BCUT2D eigenvalue weighted by Gasteiger charge is 2.16. The molecule has 0 aliphatic carbocycles. The molecule has 0 amide bonds. The summed E-state index contributed by atoms with van der Waals surface area (Å²) in [6.07, 6.45) is 1.61. The summed E-state index contributed by atoms with van der Waals surface area (Å²) in [5.74, 6) is 0.816. The summed E-state index contributed by atoms with van der Waals surface area (Å²) in [5.41, 5.74) is 1.05. The second-order valence-corrected chi connectivity index (χ2v) is 3.37. The number of ether oxygens (including phenoxy) is 2. The Bertz CT molecular complexity index is 305. The van der Waals surface area contributed by atoms with Gasteiger partial charge in [-0.05, 0) is 6.42 Å². The van der Waals surface area contributed by atoms with Gasteiger partial charge < -0.3 is 9.47 Å². The molecule has 2 rings (SSSR count). The molecule has 2 heteroatoms. The van der Waals surface area contributed by atoms with E-state index in [4.69, 9.17) is 9.47 Å². The lowest BCUT2D eigenvalue weighted by atomic mass is 10.2. The van der Waals surface area contributed by atoms with Gasteiger partial charge in [0.15, 0.2) is 0 Å². The van der Waals surface area contributed by atoms with E-state index in [1.807, 2.05) is 30.3 Å². The van der Waals surface area contributed by atoms with Crippen LogP contribution in [0.2, 0.25) is 0 Å². The Labute approximate surface area is 84.2 Å². The molecule has 1 saturated heterocycles. The minimum atomic E-state index is -0.272. The van der Waals surface area contributed by atoms with Crippen molar-refractivity contribution in [2.24, 2.45) is 0 Å². The van der Waals surface area contributed by atoms with E-state index in [9.17, 15) is 0 Å². The van der Waals surface area contributed by atoms with Crippen molar-refractivity contribution in [2.75, 3.05) is 6.61 Å². The summed E-state index contributed by atoms with van der Waals surface area (Å²) in [6, 6.07) is 9.95. The largest absolute Gasteiger partial charge is 0.466 e. The molecule has 14 heavy (non-hydrogen) atoms. The van der Waals surface area contributed by atoms with Crippen molar-refractivity contribution in [1.82, 2.24) is 0 Å². The van der Waals surface area contributed by atoms with Gasteiger partial charge in [0.05, 0.1) is 12.4 Å². The fraction of sp³-hybridized carbons (Fsp3) is 0.333. The van der Waals surface area contributed by atoms with E-state index in [2.05, 4.69) is 6.58 Å². The van der Waals surface area contributed by atoms with Crippen molar-refractivity contribution in [3.8, 4) is 0 Å². The van der Waals surface area contributed by atoms with E-state index in [-0.39, 0.29) is 6.29 Å². The zero-order valence-electron chi connectivity index (χ0n) is 8.11. The van der Waals surface area contributed by atoms with Crippen molar-refractivity contribution < 1.29 is 9.47 Å². The van der Waals surface area contributed by atoms with Gasteiger partial charge in [0.1, 0.15) is 0 Å². The molecule has 0 N–H and O–H groups in total. The molecular formula is C12H14O2. The molecule has 1 fully saturated rings. The number of hydrogen-bond acceptors (Lipinski definition) is 2. The lowest BCUT2D eigenvalue weighted by molar-refractivity contribution is -0.107. The molecule has 0 spiro atoms. The molecule has 1 aliphatic rings. The highest BCUT2D eigenvalue weighted by Crippen LogP contribution is 2.26. The van der Waals surface area contributed by atoms with Gasteiger partial charge in [-0.2, -0.15) is 0 Å². The maximum Gasteiger partial charge on any atom is 0.226 e. The minimum Gasteiger partial charge on any atom is -0.466 e. The Morgan fingerprint density at radius 1 is 1.21 bits per heavy atom. The predicted molar refractivity (Wildman–Crippen MR) is 54.6 cm³/mol. The van der Waals surface area contributed by atoms with Crippen molar-refractivity contribution in [1.29, 1.82) is 0 Å². The van der Waals surface area contributed by atoms with Crippen molar-refractivity contribution in [3.63, 3.8) is 0 Å². The Morgan fingerprint density at radius 3 is 2.79 bits per heavy atom. The van der Waals surface area contributed by atoms with Gasteiger partial charge in [-0.1, -0.05) is 36.9 Å². The third-order valence-electron chi connectivity index (χ3n) is 2.21. The fourth-order valence-corrected chi connectivity index (χ4v) is 1.48. The number of rotatable bonds is 1. The highest BCUT2D eigenvalue weighted by atomic mass is 16.7. The molecule has 0 radical (unpaired) electrons. The number of benzene rings is 1. The van der Waals surface area contributed by atoms with Crippen LogP contribution in [-0.2, 0) is 9.47 Å². The Balaban J connectivity index is 2.13. The Kier molecular flexibility index (Phi) is 2.84. The van der Waals surface area contributed by atoms with Gasteiger partial charge in [0.2, 0.25) is 6.29 Å². The van der Waals surface area contributed by atoms with Crippen molar-refractivity contribution >= 4 is 0 Å². The zero-order valence-corrected chi connectivity index (χ0v) is 8.11. The van der Waals surface area contributed by atoms with E-state index in [1.54, 1.807) is 0 Å². The van der Waals surface area contributed by atoms with Crippen LogP contribution in [0.15, 0.2) is 42.7 Å². The minimum absolute atomic E-state index is 0.272. The van der Waals surface area contributed by atoms with Crippen LogP contribution in [0, 0.1) is 0 Å². The van der Waals surface area contributed by atoms with Crippen molar-refractivity contribution in [2.45, 2.75) is 19.1 Å². The van der Waals surface area contributed by atoms with Crippen LogP contribution in [0.4, 0.5) is 0 Å². The van der Waals surface area contributed by atoms with Crippen LogP contribution in [0.3, 0.4) is 0 Å². The maximum absolute atomic E-state index is 5.58. The molecule has 1 aromatic carbocycles. The SMILES string of the molecule is C=C1CCCOC(c2ccccc2)O1.